The molecule has 0 saturated carbocycles. The quantitative estimate of drug-likeness (QED) is 0.418. The molecule has 0 spiro atoms. The van der Waals surface area contributed by atoms with Crippen LogP contribution in [0.1, 0.15) is 30.5 Å². The highest BCUT2D eigenvalue weighted by molar-refractivity contribution is 7.36. The third-order valence-corrected chi connectivity index (χ3v) is 5.75. The Kier molecular flexibility index (Phi) is 6.56. The summed E-state index contributed by atoms with van der Waals surface area (Å²) in [6, 6.07) is 14.9. The first-order valence-corrected chi connectivity index (χ1v) is 10.0. The zero-order valence-corrected chi connectivity index (χ0v) is 16.4. The SMILES string of the molecule is CCc1cc(OC)ccc1OC(=O)CN1C(c2ccccc2)CCO[P+]1=O. The minimum Gasteiger partial charge on any atom is -0.497 e. The number of ether oxygens (including phenoxy) is 2. The van der Waals surface area contributed by atoms with Crippen LogP contribution in [0, 0.1) is 0 Å². The lowest BCUT2D eigenvalue weighted by Gasteiger charge is -2.24. The Morgan fingerprint density at radius 2 is 2.04 bits per heavy atom. The van der Waals surface area contributed by atoms with Gasteiger partial charge in [-0.05, 0) is 51.4 Å². The number of benzene rings is 2. The predicted molar refractivity (Wildman–Crippen MR) is 102 cm³/mol. The number of carbonyl (C=O) groups excluding carboxylic acids is 1. The maximum atomic E-state index is 12.5. The van der Waals surface area contributed by atoms with Gasteiger partial charge in [0.25, 0.3) is 0 Å². The van der Waals surface area contributed by atoms with Crippen LogP contribution in [-0.4, -0.2) is 30.9 Å². The molecule has 142 valence electrons. The molecular formula is C20H23NO5P+. The Labute approximate surface area is 160 Å². The Bertz CT molecular complexity index is 811. The minimum atomic E-state index is -2.08. The molecule has 6 nitrogen and oxygen atoms in total. The van der Waals surface area contributed by atoms with E-state index in [1.165, 1.54) is 0 Å². The van der Waals surface area contributed by atoms with Gasteiger partial charge in [-0.15, -0.1) is 4.52 Å². The molecule has 1 heterocycles. The van der Waals surface area contributed by atoms with Crippen LogP contribution >= 0.6 is 8.18 Å². The smallest absolute Gasteiger partial charge is 0.497 e. The van der Waals surface area contributed by atoms with E-state index >= 15 is 0 Å². The van der Waals surface area contributed by atoms with Crippen molar-refractivity contribution < 1.29 is 23.4 Å². The van der Waals surface area contributed by atoms with Gasteiger partial charge in [-0.25, -0.2) is 0 Å². The van der Waals surface area contributed by atoms with Crippen LogP contribution in [0.25, 0.3) is 0 Å². The molecule has 2 aromatic rings. The molecule has 2 atom stereocenters. The van der Waals surface area contributed by atoms with Crippen LogP contribution in [-0.2, 0) is 20.3 Å². The lowest BCUT2D eigenvalue weighted by molar-refractivity contribution is -0.135. The number of aryl methyl sites for hydroxylation is 1. The Hall–Kier alpha value is -2.27. The highest BCUT2D eigenvalue weighted by Gasteiger charge is 2.44. The molecule has 0 N–H and O–H groups in total. The fourth-order valence-corrected chi connectivity index (χ4v) is 4.22. The Morgan fingerprint density at radius 1 is 1.26 bits per heavy atom. The van der Waals surface area contributed by atoms with Crippen LogP contribution in [0.4, 0.5) is 0 Å². The van der Waals surface area contributed by atoms with E-state index < -0.39 is 14.1 Å². The van der Waals surface area contributed by atoms with Crippen molar-refractivity contribution in [2.45, 2.75) is 25.8 Å². The van der Waals surface area contributed by atoms with Crippen molar-refractivity contribution in [3.8, 4) is 11.5 Å². The fourth-order valence-electron chi connectivity index (χ4n) is 3.11. The van der Waals surface area contributed by atoms with E-state index in [0.29, 0.717) is 30.9 Å². The molecule has 0 bridgehead atoms. The lowest BCUT2D eigenvalue weighted by Crippen LogP contribution is -2.34. The van der Waals surface area contributed by atoms with Gasteiger partial charge in [-0.3, -0.25) is 4.79 Å². The zero-order chi connectivity index (χ0) is 19.2. The molecule has 0 aliphatic carbocycles. The number of nitrogens with zero attached hydrogens (tertiary/aromatic N) is 1. The van der Waals surface area contributed by atoms with Gasteiger partial charge in [-0.2, -0.15) is 0 Å². The van der Waals surface area contributed by atoms with Crippen molar-refractivity contribution in [2.75, 3.05) is 20.3 Å². The first kappa shape index (κ1) is 19.5. The molecule has 2 unspecified atom stereocenters. The van der Waals surface area contributed by atoms with Gasteiger partial charge in [0, 0.05) is 0 Å². The second-order valence-corrected chi connectivity index (χ2v) is 7.43. The second-order valence-electron chi connectivity index (χ2n) is 6.19. The number of methoxy groups -OCH3 is 1. The van der Waals surface area contributed by atoms with Gasteiger partial charge in [-0.1, -0.05) is 37.3 Å². The Balaban J connectivity index is 1.74. The summed E-state index contributed by atoms with van der Waals surface area (Å²) in [6.07, 6.45) is 1.37. The molecule has 0 amide bonds. The van der Waals surface area contributed by atoms with Crippen molar-refractivity contribution in [1.29, 1.82) is 0 Å². The summed E-state index contributed by atoms with van der Waals surface area (Å²) in [6.45, 7) is 2.27. The lowest BCUT2D eigenvalue weighted by atomic mass is 10.0. The Morgan fingerprint density at radius 3 is 2.74 bits per heavy atom. The highest BCUT2D eigenvalue weighted by atomic mass is 31.1. The van der Waals surface area contributed by atoms with Gasteiger partial charge in [0.15, 0.2) is 0 Å². The second kappa shape index (κ2) is 9.09. The summed E-state index contributed by atoms with van der Waals surface area (Å²) in [7, 11) is -0.487. The van der Waals surface area contributed by atoms with Crippen molar-refractivity contribution in [1.82, 2.24) is 4.67 Å². The fraction of sp³-hybridized carbons (Fsp3) is 0.350. The largest absolute Gasteiger partial charge is 0.616 e. The summed E-state index contributed by atoms with van der Waals surface area (Å²) < 4.78 is 30.0. The van der Waals surface area contributed by atoms with Crippen LogP contribution in [0.15, 0.2) is 48.5 Å². The maximum absolute atomic E-state index is 12.5. The molecule has 27 heavy (non-hydrogen) atoms. The monoisotopic (exact) mass is 388 g/mol. The average Bonchev–Trinajstić information content (AvgIpc) is 2.70. The third kappa shape index (κ3) is 4.72. The average molecular weight is 388 g/mol. The van der Waals surface area contributed by atoms with Gasteiger partial charge < -0.3 is 9.47 Å². The van der Waals surface area contributed by atoms with Gasteiger partial charge >= 0.3 is 14.1 Å². The molecule has 1 aliphatic rings. The molecule has 3 rings (SSSR count). The van der Waals surface area contributed by atoms with Gasteiger partial charge in [0.05, 0.1) is 13.2 Å². The first-order chi connectivity index (χ1) is 13.1. The van der Waals surface area contributed by atoms with E-state index in [0.717, 1.165) is 11.1 Å². The van der Waals surface area contributed by atoms with Crippen molar-refractivity contribution >= 4 is 14.1 Å². The van der Waals surface area contributed by atoms with E-state index in [-0.39, 0.29) is 12.6 Å². The maximum Gasteiger partial charge on any atom is 0.616 e. The predicted octanol–water partition coefficient (Wildman–Crippen LogP) is 4.28. The normalized spacial score (nSPS) is 18.9. The molecule has 1 aliphatic heterocycles. The van der Waals surface area contributed by atoms with E-state index in [1.807, 2.05) is 43.3 Å². The van der Waals surface area contributed by atoms with Gasteiger partial charge in [0.2, 0.25) is 0 Å². The van der Waals surface area contributed by atoms with E-state index in [1.54, 1.807) is 23.9 Å². The molecule has 7 heteroatoms. The number of carbonyl (C=O) groups is 1. The number of esters is 1. The molecular weight excluding hydrogens is 365 g/mol. The molecule has 0 aromatic heterocycles. The van der Waals surface area contributed by atoms with Crippen molar-refractivity contribution in [3.63, 3.8) is 0 Å². The van der Waals surface area contributed by atoms with Crippen molar-refractivity contribution in [2.24, 2.45) is 0 Å². The van der Waals surface area contributed by atoms with Crippen LogP contribution in [0.3, 0.4) is 0 Å². The number of hydrogen-bond acceptors (Lipinski definition) is 5. The van der Waals surface area contributed by atoms with E-state index in [2.05, 4.69) is 0 Å². The first-order valence-electron chi connectivity index (χ1n) is 8.91. The van der Waals surface area contributed by atoms with Crippen molar-refractivity contribution in [3.05, 3.63) is 59.7 Å². The summed E-state index contributed by atoms with van der Waals surface area (Å²) in [5.41, 5.74) is 1.89. The zero-order valence-electron chi connectivity index (χ0n) is 15.5. The summed E-state index contributed by atoms with van der Waals surface area (Å²) in [4.78, 5) is 12.5. The molecule has 1 fully saturated rings. The minimum absolute atomic E-state index is 0.107. The highest BCUT2D eigenvalue weighted by Crippen LogP contribution is 2.43. The van der Waals surface area contributed by atoms with E-state index in [9.17, 15) is 9.36 Å². The van der Waals surface area contributed by atoms with E-state index in [4.69, 9.17) is 14.0 Å². The molecule has 1 saturated heterocycles. The molecule has 2 aromatic carbocycles. The summed E-state index contributed by atoms with van der Waals surface area (Å²) >= 11 is 0. The van der Waals surface area contributed by atoms with Crippen LogP contribution in [0.5, 0.6) is 11.5 Å². The van der Waals surface area contributed by atoms with Gasteiger partial charge in [0.1, 0.15) is 24.7 Å². The van der Waals surface area contributed by atoms with Crippen LogP contribution < -0.4 is 9.47 Å². The van der Waals surface area contributed by atoms with Crippen LogP contribution in [0.2, 0.25) is 0 Å². The third-order valence-electron chi connectivity index (χ3n) is 4.51. The topological polar surface area (TPSA) is 65.1 Å². The number of hydrogen-bond donors (Lipinski definition) is 0. The summed E-state index contributed by atoms with van der Waals surface area (Å²) in [5.74, 6) is 0.737. The standard InChI is InChI=1S/C20H23NO5P/c1-3-15-13-17(24-2)9-10-19(15)26-20(22)14-21-18(11-12-25-27(21)23)16-7-5-4-6-8-16/h4-10,13,18H,3,11-12,14H2,1-2H3/q+1. The molecule has 0 radical (unpaired) electrons. The number of rotatable bonds is 6. The summed E-state index contributed by atoms with van der Waals surface area (Å²) in [5, 5.41) is 0.